The summed E-state index contributed by atoms with van der Waals surface area (Å²) in [4.78, 5) is 0.189. The molecular formula is C13H12O3S. The molecule has 0 unspecified atom stereocenters. The van der Waals surface area contributed by atoms with E-state index in [9.17, 15) is 8.42 Å². The minimum atomic E-state index is -3.68. The summed E-state index contributed by atoms with van der Waals surface area (Å²) in [5.74, 6) is 0. The zero-order valence-corrected chi connectivity index (χ0v) is 10.1. The van der Waals surface area contributed by atoms with E-state index in [-0.39, 0.29) is 4.90 Å². The van der Waals surface area contributed by atoms with Gasteiger partial charge >= 0.3 is 0 Å². The van der Waals surface area contributed by atoms with Crippen LogP contribution in [0.3, 0.4) is 0 Å². The van der Waals surface area contributed by atoms with Crippen LogP contribution in [0.2, 0.25) is 0 Å². The van der Waals surface area contributed by atoms with Gasteiger partial charge in [0.1, 0.15) is 4.90 Å². The van der Waals surface area contributed by atoms with E-state index in [2.05, 4.69) is 4.18 Å². The van der Waals surface area contributed by atoms with Gasteiger partial charge in [0.25, 0.3) is 10.1 Å². The van der Waals surface area contributed by atoms with Crippen molar-refractivity contribution in [3.63, 3.8) is 0 Å². The molecule has 17 heavy (non-hydrogen) atoms. The number of hydrogen-bond donors (Lipinski definition) is 0. The smallest absolute Gasteiger partial charge is 0.270 e. The fourth-order valence-electron chi connectivity index (χ4n) is 1.63. The molecule has 0 heterocycles. The van der Waals surface area contributed by atoms with Gasteiger partial charge in [0, 0.05) is 5.56 Å². The van der Waals surface area contributed by atoms with Crippen molar-refractivity contribution in [3.05, 3.63) is 54.6 Å². The Bertz CT molecular complexity index is 604. The van der Waals surface area contributed by atoms with Gasteiger partial charge in [-0.1, -0.05) is 48.5 Å². The number of hydrogen-bond acceptors (Lipinski definition) is 3. The fourth-order valence-corrected chi connectivity index (χ4v) is 2.51. The third-order valence-electron chi connectivity index (χ3n) is 2.46. The highest BCUT2D eigenvalue weighted by Gasteiger charge is 2.17. The molecule has 2 aromatic rings. The molecule has 2 aromatic carbocycles. The summed E-state index contributed by atoms with van der Waals surface area (Å²) in [7, 11) is -2.51. The van der Waals surface area contributed by atoms with Crippen molar-refractivity contribution < 1.29 is 12.6 Å². The van der Waals surface area contributed by atoms with Crippen molar-refractivity contribution >= 4 is 10.1 Å². The summed E-state index contributed by atoms with van der Waals surface area (Å²) < 4.78 is 28.1. The second kappa shape index (κ2) is 4.69. The van der Waals surface area contributed by atoms with E-state index in [4.69, 9.17) is 0 Å². The molecule has 0 aromatic heterocycles. The number of rotatable bonds is 3. The van der Waals surface area contributed by atoms with Crippen LogP contribution in [0.5, 0.6) is 0 Å². The summed E-state index contributed by atoms with van der Waals surface area (Å²) in [5.41, 5.74) is 1.50. The molecule has 0 N–H and O–H groups in total. The molecule has 0 saturated carbocycles. The molecular weight excluding hydrogens is 236 g/mol. The van der Waals surface area contributed by atoms with Gasteiger partial charge in [-0.2, -0.15) is 8.42 Å². The Morgan fingerprint density at radius 1 is 0.882 bits per heavy atom. The van der Waals surface area contributed by atoms with Crippen molar-refractivity contribution in [2.75, 3.05) is 7.11 Å². The molecule has 0 aliphatic heterocycles. The lowest BCUT2D eigenvalue weighted by Gasteiger charge is -2.08. The van der Waals surface area contributed by atoms with Crippen molar-refractivity contribution in [1.29, 1.82) is 0 Å². The molecule has 3 nitrogen and oxygen atoms in total. The van der Waals surface area contributed by atoms with Crippen LogP contribution in [0.25, 0.3) is 11.1 Å². The molecule has 4 heteroatoms. The van der Waals surface area contributed by atoms with Gasteiger partial charge in [-0.25, -0.2) is 0 Å². The van der Waals surface area contributed by atoms with E-state index in [0.717, 1.165) is 12.7 Å². The maximum Gasteiger partial charge on any atom is 0.297 e. The molecule has 0 amide bonds. The maximum atomic E-state index is 11.8. The zero-order chi connectivity index (χ0) is 12.3. The van der Waals surface area contributed by atoms with E-state index in [1.54, 1.807) is 24.3 Å². The lowest BCUT2D eigenvalue weighted by molar-refractivity contribution is 0.398. The summed E-state index contributed by atoms with van der Waals surface area (Å²) in [6.07, 6.45) is 0. The first-order valence-electron chi connectivity index (χ1n) is 5.10. The Morgan fingerprint density at radius 3 is 2.12 bits per heavy atom. The molecule has 0 aliphatic rings. The van der Waals surface area contributed by atoms with Gasteiger partial charge in [0.15, 0.2) is 0 Å². The lowest BCUT2D eigenvalue weighted by Crippen LogP contribution is -2.04. The maximum absolute atomic E-state index is 11.8. The summed E-state index contributed by atoms with van der Waals surface area (Å²) >= 11 is 0. The third-order valence-corrected chi connectivity index (χ3v) is 3.79. The zero-order valence-electron chi connectivity index (χ0n) is 9.33. The first-order valence-corrected chi connectivity index (χ1v) is 6.51. The molecule has 0 bridgehead atoms. The van der Waals surface area contributed by atoms with Gasteiger partial charge < -0.3 is 0 Å². The highest BCUT2D eigenvalue weighted by molar-refractivity contribution is 7.86. The average Bonchev–Trinajstić information content (AvgIpc) is 2.40. The van der Waals surface area contributed by atoms with Crippen molar-refractivity contribution in [2.24, 2.45) is 0 Å². The molecule has 0 spiro atoms. The third kappa shape index (κ3) is 2.38. The first-order chi connectivity index (χ1) is 8.15. The van der Waals surface area contributed by atoms with Crippen LogP contribution in [0.1, 0.15) is 0 Å². The second-order valence-corrected chi connectivity index (χ2v) is 5.16. The van der Waals surface area contributed by atoms with E-state index in [1.807, 2.05) is 30.3 Å². The molecule has 88 valence electrons. The number of benzene rings is 2. The van der Waals surface area contributed by atoms with E-state index in [0.29, 0.717) is 5.56 Å². The Hall–Kier alpha value is -1.65. The van der Waals surface area contributed by atoms with Crippen molar-refractivity contribution in [1.82, 2.24) is 0 Å². The highest BCUT2D eigenvalue weighted by Crippen LogP contribution is 2.27. The average molecular weight is 248 g/mol. The van der Waals surface area contributed by atoms with Crippen LogP contribution in [0.15, 0.2) is 59.5 Å². The lowest BCUT2D eigenvalue weighted by atomic mass is 10.1. The van der Waals surface area contributed by atoms with Crippen molar-refractivity contribution in [3.8, 4) is 11.1 Å². The molecule has 0 fully saturated rings. The van der Waals surface area contributed by atoms with Crippen LogP contribution in [-0.4, -0.2) is 15.5 Å². The van der Waals surface area contributed by atoms with Gasteiger partial charge in [0.2, 0.25) is 0 Å². The van der Waals surface area contributed by atoms with E-state index in [1.165, 1.54) is 0 Å². The van der Waals surface area contributed by atoms with Gasteiger partial charge in [0.05, 0.1) is 7.11 Å². The van der Waals surface area contributed by atoms with Gasteiger partial charge in [-0.05, 0) is 11.6 Å². The fraction of sp³-hybridized carbons (Fsp3) is 0.0769. The predicted octanol–water partition coefficient (Wildman–Crippen LogP) is 2.69. The minimum absolute atomic E-state index is 0.189. The van der Waals surface area contributed by atoms with Crippen molar-refractivity contribution in [2.45, 2.75) is 4.90 Å². The Balaban J connectivity index is 2.65. The molecule has 0 saturated heterocycles. The second-order valence-electron chi connectivity index (χ2n) is 3.48. The highest BCUT2D eigenvalue weighted by atomic mass is 32.2. The molecule has 0 aliphatic carbocycles. The van der Waals surface area contributed by atoms with E-state index >= 15 is 0 Å². The quantitative estimate of drug-likeness (QED) is 0.784. The topological polar surface area (TPSA) is 43.4 Å². The molecule has 2 rings (SSSR count). The standard InChI is InChI=1S/C13H12O3S/c1-16-17(14,15)13-10-6-5-9-12(13)11-7-3-2-4-8-11/h2-10H,1H3. The predicted molar refractivity (Wildman–Crippen MR) is 66.1 cm³/mol. The Labute approximate surface area is 101 Å². The van der Waals surface area contributed by atoms with Gasteiger partial charge in [-0.15, -0.1) is 0 Å². The molecule has 0 radical (unpaired) electrons. The largest absolute Gasteiger partial charge is 0.297 e. The summed E-state index contributed by atoms with van der Waals surface area (Å²) in [6, 6.07) is 16.1. The Morgan fingerprint density at radius 2 is 1.47 bits per heavy atom. The van der Waals surface area contributed by atoms with E-state index < -0.39 is 10.1 Å². The Kier molecular flexibility index (Phi) is 3.26. The van der Waals surface area contributed by atoms with Crippen LogP contribution in [0.4, 0.5) is 0 Å². The van der Waals surface area contributed by atoms with Crippen LogP contribution >= 0.6 is 0 Å². The van der Waals surface area contributed by atoms with Crippen LogP contribution in [-0.2, 0) is 14.3 Å². The first kappa shape index (κ1) is 11.8. The normalized spacial score (nSPS) is 11.4. The van der Waals surface area contributed by atoms with Gasteiger partial charge in [-0.3, -0.25) is 4.18 Å². The molecule has 0 atom stereocenters. The SMILES string of the molecule is COS(=O)(=O)c1ccccc1-c1ccccc1. The van der Waals surface area contributed by atoms with Crippen LogP contribution in [0, 0.1) is 0 Å². The van der Waals surface area contributed by atoms with Crippen LogP contribution < -0.4 is 0 Å². The monoisotopic (exact) mass is 248 g/mol. The summed E-state index contributed by atoms with van der Waals surface area (Å²) in [5, 5.41) is 0. The summed E-state index contributed by atoms with van der Waals surface area (Å²) in [6.45, 7) is 0. The minimum Gasteiger partial charge on any atom is -0.270 e.